The summed E-state index contributed by atoms with van der Waals surface area (Å²) in [5, 5.41) is 4.79. The Bertz CT molecular complexity index is 982. The van der Waals surface area contributed by atoms with Crippen molar-refractivity contribution in [2.45, 2.75) is 18.9 Å². The SMILES string of the molecule is O=C1C[C@H](NCCc2c[nH]c3ccccc23)C(=O)N1c1ccccc1Cl. The average molecular weight is 368 g/mol. The van der Waals surface area contributed by atoms with E-state index in [9.17, 15) is 9.59 Å². The van der Waals surface area contributed by atoms with E-state index in [1.807, 2.05) is 24.4 Å². The van der Waals surface area contributed by atoms with E-state index in [-0.39, 0.29) is 18.2 Å². The van der Waals surface area contributed by atoms with Gasteiger partial charge in [-0.05, 0) is 30.2 Å². The third kappa shape index (κ3) is 3.00. The summed E-state index contributed by atoms with van der Waals surface area (Å²) in [6.45, 7) is 0.613. The van der Waals surface area contributed by atoms with Crippen molar-refractivity contribution in [1.29, 1.82) is 0 Å². The number of fused-ring (bicyclic) bond motifs is 1. The molecule has 0 radical (unpaired) electrons. The predicted molar refractivity (Wildman–Crippen MR) is 102 cm³/mol. The van der Waals surface area contributed by atoms with E-state index in [1.54, 1.807) is 24.3 Å². The van der Waals surface area contributed by atoms with Gasteiger partial charge in [-0.1, -0.05) is 41.9 Å². The molecular weight excluding hydrogens is 350 g/mol. The van der Waals surface area contributed by atoms with Gasteiger partial charge in [0, 0.05) is 23.6 Å². The van der Waals surface area contributed by atoms with Crippen molar-refractivity contribution in [2.24, 2.45) is 0 Å². The van der Waals surface area contributed by atoms with Gasteiger partial charge in [0.05, 0.1) is 23.2 Å². The third-order valence-corrected chi connectivity index (χ3v) is 5.02. The number of hydrogen-bond acceptors (Lipinski definition) is 3. The molecule has 2 N–H and O–H groups in total. The Balaban J connectivity index is 1.42. The number of nitrogens with zero attached hydrogens (tertiary/aromatic N) is 1. The minimum Gasteiger partial charge on any atom is -0.361 e. The van der Waals surface area contributed by atoms with Gasteiger partial charge in [0.25, 0.3) is 5.91 Å². The lowest BCUT2D eigenvalue weighted by molar-refractivity contribution is -0.121. The number of para-hydroxylation sites is 2. The number of aromatic nitrogens is 1. The van der Waals surface area contributed by atoms with E-state index >= 15 is 0 Å². The van der Waals surface area contributed by atoms with Crippen LogP contribution in [0.4, 0.5) is 5.69 Å². The van der Waals surface area contributed by atoms with Gasteiger partial charge in [-0.2, -0.15) is 0 Å². The first kappa shape index (κ1) is 16.8. The quantitative estimate of drug-likeness (QED) is 0.680. The van der Waals surface area contributed by atoms with Gasteiger partial charge < -0.3 is 10.3 Å². The fourth-order valence-electron chi connectivity index (χ4n) is 3.40. The molecule has 1 atom stereocenters. The van der Waals surface area contributed by atoms with Crippen molar-refractivity contribution >= 4 is 40.0 Å². The van der Waals surface area contributed by atoms with Gasteiger partial charge in [-0.25, -0.2) is 4.90 Å². The van der Waals surface area contributed by atoms with Crippen LogP contribution in [0.15, 0.2) is 54.7 Å². The summed E-state index contributed by atoms with van der Waals surface area (Å²) in [5.74, 6) is -0.477. The molecule has 26 heavy (non-hydrogen) atoms. The first-order valence-electron chi connectivity index (χ1n) is 8.55. The molecule has 1 fully saturated rings. The van der Waals surface area contributed by atoms with Crippen LogP contribution in [0.3, 0.4) is 0 Å². The van der Waals surface area contributed by atoms with Crippen LogP contribution in [-0.4, -0.2) is 29.4 Å². The zero-order valence-corrected chi connectivity index (χ0v) is 14.8. The first-order valence-corrected chi connectivity index (χ1v) is 8.92. The molecule has 1 aliphatic heterocycles. The molecule has 4 rings (SSSR count). The van der Waals surface area contributed by atoms with Crippen molar-refractivity contribution in [3.8, 4) is 0 Å². The zero-order chi connectivity index (χ0) is 18.1. The molecule has 1 aromatic heterocycles. The summed E-state index contributed by atoms with van der Waals surface area (Å²) in [7, 11) is 0. The van der Waals surface area contributed by atoms with E-state index in [1.165, 1.54) is 15.8 Å². The maximum atomic E-state index is 12.7. The number of hydrogen-bond donors (Lipinski definition) is 2. The number of rotatable bonds is 5. The second-order valence-corrected chi connectivity index (χ2v) is 6.75. The maximum absolute atomic E-state index is 12.7. The summed E-state index contributed by atoms with van der Waals surface area (Å²) in [6.07, 6.45) is 2.91. The molecule has 0 spiro atoms. The van der Waals surface area contributed by atoms with Crippen molar-refractivity contribution < 1.29 is 9.59 Å². The van der Waals surface area contributed by atoms with E-state index < -0.39 is 6.04 Å². The van der Waals surface area contributed by atoms with Crippen LogP contribution >= 0.6 is 11.6 Å². The van der Waals surface area contributed by atoms with Crippen LogP contribution in [0.5, 0.6) is 0 Å². The largest absolute Gasteiger partial charge is 0.361 e. The molecule has 0 unspecified atom stereocenters. The highest BCUT2D eigenvalue weighted by atomic mass is 35.5. The fraction of sp³-hybridized carbons (Fsp3) is 0.200. The van der Waals surface area contributed by atoms with Crippen LogP contribution in [0.25, 0.3) is 10.9 Å². The Hall–Kier alpha value is -2.63. The molecule has 1 aliphatic rings. The Labute approximate surface area is 155 Å². The predicted octanol–water partition coefficient (Wildman–Crippen LogP) is 3.29. The smallest absolute Gasteiger partial charge is 0.251 e. The fourth-order valence-corrected chi connectivity index (χ4v) is 3.62. The van der Waals surface area contributed by atoms with Crippen LogP contribution in [0.1, 0.15) is 12.0 Å². The van der Waals surface area contributed by atoms with Crippen molar-refractivity contribution in [3.63, 3.8) is 0 Å². The summed E-state index contributed by atoms with van der Waals surface area (Å²) in [4.78, 5) is 29.4. The number of aromatic amines is 1. The summed E-state index contributed by atoms with van der Waals surface area (Å²) in [5.41, 5.74) is 2.73. The number of carbonyl (C=O) groups is 2. The molecule has 0 bridgehead atoms. The molecule has 2 amide bonds. The zero-order valence-electron chi connectivity index (χ0n) is 14.0. The number of nitrogens with one attached hydrogen (secondary N) is 2. The Morgan fingerprint density at radius 1 is 1.12 bits per heavy atom. The van der Waals surface area contributed by atoms with Crippen molar-refractivity contribution in [3.05, 3.63) is 65.3 Å². The lowest BCUT2D eigenvalue weighted by atomic mass is 10.1. The summed E-state index contributed by atoms with van der Waals surface area (Å²) < 4.78 is 0. The minimum atomic E-state index is -0.510. The molecule has 2 aromatic carbocycles. The number of anilines is 1. The number of amides is 2. The molecule has 6 heteroatoms. The number of benzene rings is 2. The lowest BCUT2D eigenvalue weighted by Crippen LogP contribution is -2.39. The normalized spacial score (nSPS) is 17.4. The lowest BCUT2D eigenvalue weighted by Gasteiger charge is -2.16. The van der Waals surface area contributed by atoms with Crippen LogP contribution < -0.4 is 10.2 Å². The minimum absolute atomic E-state index is 0.151. The Kier molecular flexibility index (Phi) is 4.49. The third-order valence-electron chi connectivity index (χ3n) is 4.70. The van der Waals surface area contributed by atoms with Gasteiger partial charge in [0.2, 0.25) is 5.91 Å². The summed E-state index contributed by atoms with van der Waals surface area (Å²) in [6, 6.07) is 14.5. The number of halogens is 1. The highest BCUT2D eigenvalue weighted by Gasteiger charge is 2.39. The van der Waals surface area contributed by atoms with E-state index in [2.05, 4.69) is 16.4 Å². The van der Waals surface area contributed by atoms with Gasteiger partial charge in [0.1, 0.15) is 0 Å². The number of imide groups is 1. The van der Waals surface area contributed by atoms with Gasteiger partial charge in [-0.3, -0.25) is 9.59 Å². The molecule has 5 nitrogen and oxygen atoms in total. The van der Waals surface area contributed by atoms with Crippen molar-refractivity contribution in [2.75, 3.05) is 11.4 Å². The molecular formula is C20H18ClN3O2. The average Bonchev–Trinajstić information content (AvgIpc) is 3.17. The van der Waals surface area contributed by atoms with Gasteiger partial charge in [-0.15, -0.1) is 0 Å². The molecule has 132 valence electrons. The van der Waals surface area contributed by atoms with Gasteiger partial charge >= 0.3 is 0 Å². The highest BCUT2D eigenvalue weighted by molar-refractivity contribution is 6.36. The highest BCUT2D eigenvalue weighted by Crippen LogP contribution is 2.29. The van der Waals surface area contributed by atoms with E-state index in [0.29, 0.717) is 17.3 Å². The number of carbonyl (C=O) groups excluding carboxylic acids is 2. The van der Waals surface area contributed by atoms with E-state index in [4.69, 9.17) is 11.6 Å². The van der Waals surface area contributed by atoms with Crippen LogP contribution in [0, 0.1) is 0 Å². The standard InChI is InChI=1S/C20H18ClN3O2/c21-15-6-2-4-8-18(15)24-19(25)11-17(20(24)26)22-10-9-13-12-23-16-7-3-1-5-14(13)16/h1-8,12,17,22-23H,9-11H2/t17-/m0/s1. The van der Waals surface area contributed by atoms with E-state index in [0.717, 1.165) is 11.9 Å². The molecule has 0 aliphatic carbocycles. The Morgan fingerprint density at radius 3 is 2.73 bits per heavy atom. The molecule has 0 saturated carbocycles. The Morgan fingerprint density at radius 2 is 1.88 bits per heavy atom. The number of H-pyrrole nitrogens is 1. The first-order chi connectivity index (χ1) is 12.6. The maximum Gasteiger partial charge on any atom is 0.251 e. The topological polar surface area (TPSA) is 65.2 Å². The van der Waals surface area contributed by atoms with Gasteiger partial charge in [0.15, 0.2) is 0 Å². The second-order valence-electron chi connectivity index (χ2n) is 6.34. The molecule has 1 saturated heterocycles. The summed E-state index contributed by atoms with van der Waals surface area (Å²) >= 11 is 6.14. The van der Waals surface area contributed by atoms with Crippen LogP contribution in [-0.2, 0) is 16.0 Å². The van der Waals surface area contributed by atoms with Crippen molar-refractivity contribution in [1.82, 2.24) is 10.3 Å². The monoisotopic (exact) mass is 367 g/mol. The van der Waals surface area contributed by atoms with Crippen LogP contribution in [0.2, 0.25) is 5.02 Å². The second kappa shape index (κ2) is 6.94. The molecule has 3 aromatic rings. The molecule has 2 heterocycles.